The SMILES string of the molecule is CCC1CCC(c2ccc(COC(F)(F)C(F)c3ccc(C4CCC(CC)CC4)cc3)cc2)CC1. The Balaban J connectivity index is 1.29. The van der Waals surface area contributed by atoms with Crippen LogP contribution in [-0.4, -0.2) is 6.11 Å². The van der Waals surface area contributed by atoms with Gasteiger partial charge in [0, 0.05) is 0 Å². The van der Waals surface area contributed by atoms with Gasteiger partial charge in [0.1, 0.15) is 0 Å². The van der Waals surface area contributed by atoms with Crippen molar-refractivity contribution in [1.82, 2.24) is 0 Å². The van der Waals surface area contributed by atoms with Gasteiger partial charge in [-0.25, -0.2) is 4.39 Å². The van der Waals surface area contributed by atoms with Crippen LogP contribution in [0.4, 0.5) is 13.2 Å². The van der Waals surface area contributed by atoms with Crippen LogP contribution in [0.25, 0.3) is 0 Å². The Morgan fingerprint density at radius 1 is 0.714 bits per heavy atom. The average molecular weight is 487 g/mol. The van der Waals surface area contributed by atoms with Gasteiger partial charge in [0.15, 0.2) is 0 Å². The van der Waals surface area contributed by atoms with Gasteiger partial charge in [0.2, 0.25) is 6.17 Å². The van der Waals surface area contributed by atoms with E-state index >= 15 is 0 Å². The topological polar surface area (TPSA) is 9.23 Å². The summed E-state index contributed by atoms with van der Waals surface area (Å²) in [6, 6.07) is 14.4. The first-order valence-electron chi connectivity index (χ1n) is 13.7. The molecule has 0 N–H and O–H groups in total. The Bertz CT molecular complexity index is 892. The van der Waals surface area contributed by atoms with Gasteiger partial charge < -0.3 is 4.74 Å². The molecule has 0 radical (unpaired) electrons. The van der Waals surface area contributed by atoms with Crippen LogP contribution in [0.2, 0.25) is 0 Å². The molecule has 0 heterocycles. The molecule has 2 aliphatic carbocycles. The summed E-state index contributed by atoms with van der Waals surface area (Å²) >= 11 is 0. The van der Waals surface area contributed by atoms with Crippen molar-refractivity contribution in [3.63, 3.8) is 0 Å². The lowest BCUT2D eigenvalue weighted by Crippen LogP contribution is -2.27. The highest BCUT2D eigenvalue weighted by molar-refractivity contribution is 5.28. The highest BCUT2D eigenvalue weighted by atomic mass is 19.3. The third-order valence-corrected chi connectivity index (χ3v) is 8.73. The predicted molar refractivity (Wildman–Crippen MR) is 136 cm³/mol. The minimum Gasteiger partial charge on any atom is -0.313 e. The van der Waals surface area contributed by atoms with Crippen LogP contribution >= 0.6 is 0 Å². The smallest absolute Gasteiger partial charge is 0.313 e. The number of benzene rings is 2. The average Bonchev–Trinajstić information content (AvgIpc) is 2.92. The summed E-state index contributed by atoms with van der Waals surface area (Å²) < 4.78 is 48.7. The monoisotopic (exact) mass is 486 g/mol. The minimum absolute atomic E-state index is 0.0287. The van der Waals surface area contributed by atoms with E-state index in [2.05, 4.69) is 13.8 Å². The molecule has 0 saturated heterocycles. The first-order chi connectivity index (χ1) is 16.9. The Morgan fingerprint density at radius 3 is 1.57 bits per heavy atom. The Kier molecular flexibility index (Phi) is 8.97. The Hall–Kier alpha value is -1.81. The lowest BCUT2D eigenvalue weighted by Gasteiger charge is -2.28. The summed E-state index contributed by atoms with van der Waals surface area (Å²) in [4.78, 5) is 0. The van der Waals surface area contributed by atoms with Crippen LogP contribution in [-0.2, 0) is 11.3 Å². The number of hydrogen-bond acceptors (Lipinski definition) is 1. The first-order valence-corrected chi connectivity index (χ1v) is 13.7. The van der Waals surface area contributed by atoms with Crippen molar-refractivity contribution in [2.45, 2.75) is 109 Å². The van der Waals surface area contributed by atoms with E-state index < -0.39 is 12.3 Å². The van der Waals surface area contributed by atoms with Gasteiger partial charge in [0.25, 0.3) is 0 Å². The van der Waals surface area contributed by atoms with Crippen LogP contribution < -0.4 is 0 Å². The van der Waals surface area contributed by atoms with Crippen molar-refractivity contribution in [2.75, 3.05) is 0 Å². The molecule has 0 aromatic heterocycles. The molecule has 2 aliphatic rings. The number of hydrogen-bond donors (Lipinski definition) is 0. The van der Waals surface area contributed by atoms with Crippen molar-refractivity contribution >= 4 is 0 Å². The normalized spacial score (nSPS) is 26.4. The molecule has 192 valence electrons. The van der Waals surface area contributed by atoms with E-state index in [0.717, 1.165) is 30.2 Å². The molecule has 0 aliphatic heterocycles. The number of alkyl halides is 3. The zero-order valence-corrected chi connectivity index (χ0v) is 21.3. The first kappa shape index (κ1) is 26.3. The molecule has 0 amide bonds. The Labute approximate surface area is 209 Å². The molecule has 1 unspecified atom stereocenters. The largest absolute Gasteiger partial charge is 0.391 e. The third kappa shape index (κ3) is 6.70. The lowest BCUT2D eigenvalue weighted by molar-refractivity contribution is -0.282. The van der Waals surface area contributed by atoms with Crippen LogP contribution in [0.1, 0.15) is 118 Å². The zero-order chi connectivity index (χ0) is 24.8. The van der Waals surface area contributed by atoms with Crippen molar-refractivity contribution < 1.29 is 17.9 Å². The van der Waals surface area contributed by atoms with Crippen LogP contribution in [0.3, 0.4) is 0 Å². The second-order valence-corrected chi connectivity index (χ2v) is 10.9. The summed E-state index contributed by atoms with van der Waals surface area (Å²) in [6.07, 6.45) is 5.66. The molecule has 1 atom stereocenters. The summed E-state index contributed by atoms with van der Waals surface area (Å²) in [5.74, 6) is 2.64. The summed E-state index contributed by atoms with van der Waals surface area (Å²) in [5.41, 5.74) is 3.00. The van der Waals surface area contributed by atoms with Gasteiger partial charge in [-0.2, -0.15) is 8.78 Å². The Morgan fingerprint density at radius 2 is 1.14 bits per heavy atom. The van der Waals surface area contributed by atoms with Gasteiger partial charge in [-0.15, -0.1) is 0 Å². The second kappa shape index (κ2) is 12.0. The molecule has 2 aromatic rings. The van der Waals surface area contributed by atoms with Crippen LogP contribution in [0, 0.1) is 11.8 Å². The maximum absolute atomic E-state index is 14.8. The van der Waals surface area contributed by atoms with Gasteiger partial charge in [-0.3, -0.25) is 0 Å². The van der Waals surface area contributed by atoms with E-state index in [1.165, 1.54) is 69.1 Å². The fourth-order valence-corrected chi connectivity index (χ4v) is 6.08. The highest BCUT2D eigenvalue weighted by Crippen LogP contribution is 2.40. The van der Waals surface area contributed by atoms with Crippen LogP contribution in [0.5, 0.6) is 0 Å². The second-order valence-electron chi connectivity index (χ2n) is 10.9. The number of rotatable bonds is 9. The number of ether oxygens (including phenoxy) is 1. The highest BCUT2D eigenvalue weighted by Gasteiger charge is 2.43. The molecule has 4 heteroatoms. The van der Waals surface area contributed by atoms with E-state index in [1.807, 2.05) is 36.4 Å². The molecule has 0 spiro atoms. The van der Waals surface area contributed by atoms with Crippen molar-refractivity contribution in [3.05, 3.63) is 70.8 Å². The maximum atomic E-state index is 14.8. The van der Waals surface area contributed by atoms with Gasteiger partial charge >= 0.3 is 6.11 Å². The molecule has 1 nitrogen and oxygen atoms in total. The molecule has 2 aromatic carbocycles. The molecule has 2 saturated carbocycles. The van der Waals surface area contributed by atoms with Gasteiger partial charge in [-0.1, -0.05) is 75.2 Å². The van der Waals surface area contributed by atoms with E-state index in [0.29, 0.717) is 17.4 Å². The lowest BCUT2D eigenvalue weighted by atomic mass is 9.78. The third-order valence-electron chi connectivity index (χ3n) is 8.73. The van der Waals surface area contributed by atoms with E-state index in [9.17, 15) is 13.2 Å². The molecule has 2 fully saturated rings. The van der Waals surface area contributed by atoms with Crippen molar-refractivity contribution in [1.29, 1.82) is 0 Å². The summed E-state index contributed by atoms with van der Waals surface area (Å²) in [7, 11) is 0. The van der Waals surface area contributed by atoms with E-state index in [4.69, 9.17) is 4.74 Å². The van der Waals surface area contributed by atoms with E-state index in [1.54, 1.807) is 0 Å². The van der Waals surface area contributed by atoms with Crippen LogP contribution in [0.15, 0.2) is 48.5 Å². The minimum atomic E-state index is -3.88. The quantitative estimate of drug-likeness (QED) is 0.343. The number of halogens is 3. The summed E-state index contributed by atoms with van der Waals surface area (Å²) in [6.45, 7) is 4.18. The van der Waals surface area contributed by atoms with Crippen molar-refractivity contribution in [2.24, 2.45) is 11.8 Å². The van der Waals surface area contributed by atoms with E-state index in [-0.39, 0.29) is 12.2 Å². The predicted octanol–water partition coefficient (Wildman–Crippen LogP) is 9.87. The molecule has 4 rings (SSSR count). The zero-order valence-electron chi connectivity index (χ0n) is 21.3. The molecular formula is C31H41F3O. The molecule has 35 heavy (non-hydrogen) atoms. The van der Waals surface area contributed by atoms with Gasteiger partial charge in [-0.05, 0) is 97.3 Å². The maximum Gasteiger partial charge on any atom is 0.391 e. The molecule has 0 bridgehead atoms. The van der Waals surface area contributed by atoms with Gasteiger partial charge in [0.05, 0.1) is 6.61 Å². The standard InChI is InChI=1S/C31H41F3O/c1-3-22-5-11-25(12-6-22)27-15-9-24(10-16-27)21-35-31(33,34)30(32)29-19-17-28(18-20-29)26-13-7-23(4-2)8-14-26/h9-10,15-20,22-23,25-26,30H,3-8,11-14,21H2,1-2H3. The van der Waals surface area contributed by atoms with Crippen molar-refractivity contribution in [3.8, 4) is 0 Å². The fraction of sp³-hybridized carbons (Fsp3) is 0.613. The molecular weight excluding hydrogens is 445 g/mol. The summed E-state index contributed by atoms with van der Waals surface area (Å²) in [5, 5.41) is 0. The fourth-order valence-electron chi connectivity index (χ4n) is 6.08.